The van der Waals surface area contributed by atoms with Gasteiger partial charge in [-0.2, -0.15) is 0 Å². The molecular weight excluding hydrogens is 275 g/mol. The molecule has 0 radical (unpaired) electrons. The number of rotatable bonds is 2. The highest BCUT2D eigenvalue weighted by atomic mass is 35.5. The molecule has 1 aliphatic rings. The van der Waals surface area contributed by atoms with Crippen molar-refractivity contribution >= 4 is 29.9 Å². The van der Waals surface area contributed by atoms with Crippen molar-refractivity contribution in [2.24, 2.45) is 5.73 Å². The number of halogens is 2. The summed E-state index contributed by atoms with van der Waals surface area (Å²) in [5.74, 6) is -0.279. The van der Waals surface area contributed by atoms with Gasteiger partial charge in [-0.25, -0.2) is 0 Å². The summed E-state index contributed by atoms with van der Waals surface area (Å²) in [4.78, 5) is 11.9. The molecule has 1 aliphatic carbocycles. The number of carbonyl (C=O) groups is 1. The Kier molecular flexibility index (Phi) is 5.26. The van der Waals surface area contributed by atoms with Crippen molar-refractivity contribution in [3.8, 4) is 5.75 Å². The number of phenolic OH excluding ortho intramolecular Hbond substituents is 1. The summed E-state index contributed by atoms with van der Waals surface area (Å²) in [5, 5.41) is 12.6. The van der Waals surface area contributed by atoms with Gasteiger partial charge in [0.05, 0.1) is 5.02 Å². The van der Waals surface area contributed by atoms with Crippen molar-refractivity contribution < 1.29 is 9.90 Å². The number of hydrogen-bond donors (Lipinski definition) is 3. The number of hydrogen-bond acceptors (Lipinski definition) is 3. The normalized spacial score (nSPS) is 22.3. The lowest BCUT2D eigenvalue weighted by Crippen LogP contribution is -2.33. The maximum absolute atomic E-state index is 11.9. The van der Waals surface area contributed by atoms with E-state index < -0.39 is 0 Å². The fourth-order valence-electron chi connectivity index (χ4n) is 2.07. The maximum Gasteiger partial charge on any atom is 0.251 e. The predicted octanol–water partition coefficient (Wildman–Crippen LogP) is 2.08. The molecule has 1 saturated carbocycles. The zero-order valence-corrected chi connectivity index (χ0v) is 11.3. The largest absolute Gasteiger partial charge is 0.506 e. The number of benzene rings is 1. The van der Waals surface area contributed by atoms with Gasteiger partial charge in [-0.3, -0.25) is 4.79 Å². The zero-order valence-electron chi connectivity index (χ0n) is 9.73. The van der Waals surface area contributed by atoms with E-state index in [-0.39, 0.29) is 41.2 Å². The number of amides is 1. The molecule has 2 rings (SSSR count). The predicted molar refractivity (Wildman–Crippen MR) is 73.4 cm³/mol. The van der Waals surface area contributed by atoms with Crippen LogP contribution in [0.2, 0.25) is 5.02 Å². The summed E-state index contributed by atoms with van der Waals surface area (Å²) in [6, 6.07) is 4.78. The van der Waals surface area contributed by atoms with Crippen LogP contribution in [0.3, 0.4) is 0 Å². The zero-order chi connectivity index (χ0) is 12.4. The molecule has 1 fully saturated rings. The molecule has 0 bridgehead atoms. The lowest BCUT2D eigenvalue weighted by molar-refractivity contribution is 0.0937. The van der Waals surface area contributed by atoms with Crippen molar-refractivity contribution in [3.05, 3.63) is 28.8 Å². The molecule has 1 amide bonds. The average Bonchev–Trinajstić information content (AvgIpc) is 2.68. The second-order valence-electron chi connectivity index (χ2n) is 4.41. The Morgan fingerprint density at radius 2 is 2.17 bits per heavy atom. The summed E-state index contributed by atoms with van der Waals surface area (Å²) >= 11 is 5.68. The van der Waals surface area contributed by atoms with Gasteiger partial charge in [-0.15, -0.1) is 12.4 Å². The molecule has 0 unspecified atom stereocenters. The third-order valence-corrected chi connectivity index (χ3v) is 3.34. The first-order chi connectivity index (χ1) is 8.06. The van der Waals surface area contributed by atoms with Crippen molar-refractivity contribution in [1.29, 1.82) is 0 Å². The van der Waals surface area contributed by atoms with E-state index >= 15 is 0 Å². The molecule has 100 valence electrons. The lowest BCUT2D eigenvalue weighted by Gasteiger charge is -2.12. The molecule has 4 N–H and O–H groups in total. The van der Waals surface area contributed by atoms with E-state index in [4.69, 9.17) is 17.3 Å². The van der Waals surface area contributed by atoms with Crippen LogP contribution in [0.1, 0.15) is 29.6 Å². The van der Waals surface area contributed by atoms with E-state index in [1.807, 2.05) is 0 Å². The maximum atomic E-state index is 11.9. The Morgan fingerprint density at radius 3 is 2.72 bits per heavy atom. The quantitative estimate of drug-likeness (QED) is 0.781. The number of nitrogens with two attached hydrogens (primary N) is 1. The Hall–Kier alpha value is -0.970. The first-order valence-corrected chi connectivity index (χ1v) is 5.99. The van der Waals surface area contributed by atoms with Crippen LogP contribution in [0.5, 0.6) is 5.75 Å². The fourth-order valence-corrected chi connectivity index (χ4v) is 2.19. The molecule has 1 aromatic carbocycles. The molecule has 0 spiro atoms. The highest BCUT2D eigenvalue weighted by molar-refractivity contribution is 6.32. The summed E-state index contributed by atoms with van der Waals surface area (Å²) in [6.45, 7) is 0. The van der Waals surface area contributed by atoms with Gasteiger partial charge >= 0.3 is 0 Å². The summed E-state index contributed by atoms with van der Waals surface area (Å²) in [5.41, 5.74) is 6.18. The van der Waals surface area contributed by atoms with Crippen molar-refractivity contribution in [2.75, 3.05) is 0 Å². The average molecular weight is 291 g/mol. The molecular formula is C12H16Cl2N2O2. The topological polar surface area (TPSA) is 75.3 Å². The van der Waals surface area contributed by atoms with Crippen LogP contribution in [0.15, 0.2) is 18.2 Å². The van der Waals surface area contributed by atoms with Gasteiger partial charge in [0.2, 0.25) is 0 Å². The minimum Gasteiger partial charge on any atom is -0.506 e. The van der Waals surface area contributed by atoms with Crippen LogP contribution in [-0.4, -0.2) is 23.1 Å². The summed E-state index contributed by atoms with van der Waals surface area (Å²) in [6.07, 6.45) is 2.66. The lowest BCUT2D eigenvalue weighted by atomic mass is 10.1. The standard InChI is InChI=1S/C12H15ClN2O2.ClH/c13-10-4-1-7(5-11(10)16)12(17)15-9-3-2-8(14)6-9;/h1,4-5,8-9,16H,2-3,6,14H2,(H,15,17);1H/t8-,9+;/m0./s1. The number of nitrogens with one attached hydrogen (secondary N) is 1. The van der Waals surface area contributed by atoms with E-state index in [1.54, 1.807) is 6.07 Å². The van der Waals surface area contributed by atoms with Gasteiger partial charge in [0.25, 0.3) is 5.91 Å². The molecule has 6 heteroatoms. The first kappa shape index (κ1) is 15.1. The number of phenols is 1. The number of carbonyl (C=O) groups excluding carboxylic acids is 1. The third kappa shape index (κ3) is 3.51. The van der Waals surface area contributed by atoms with Gasteiger partial charge in [-0.1, -0.05) is 11.6 Å². The second kappa shape index (κ2) is 6.27. The van der Waals surface area contributed by atoms with Gasteiger partial charge in [0.15, 0.2) is 0 Å². The minimum atomic E-state index is -0.198. The molecule has 0 heterocycles. The smallest absolute Gasteiger partial charge is 0.251 e. The molecule has 0 saturated heterocycles. The van der Waals surface area contributed by atoms with Crippen molar-refractivity contribution in [3.63, 3.8) is 0 Å². The Bertz CT molecular complexity index is 440. The summed E-state index contributed by atoms with van der Waals surface area (Å²) < 4.78 is 0. The minimum absolute atomic E-state index is 0. The van der Waals surface area contributed by atoms with Crippen LogP contribution in [0.25, 0.3) is 0 Å². The molecule has 1 aromatic rings. The van der Waals surface area contributed by atoms with E-state index in [1.165, 1.54) is 12.1 Å². The molecule has 0 aromatic heterocycles. The number of aromatic hydroxyl groups is 1. The van der Waals surface area contributed by atoms with Crippen molar-refractivity contribution in [2.45, 2.75) is 31.3 Å². The molecule has 2 atom stereocenters. The van der Waals surface area contributed by atoms with E-state index in [2.05, 4.69) is 5.32 Å². The second-order valence-corrected chi connectivity index (χ2v) is 4.82. The highest BCUT2D eigenvalue weighted by Crippen LogP contribution is 2.24. The Labute approximate surface area is 117 Å². The molecule has 4 nitrogen and oxygen atoms in total. The molecule has 18 heavy (non-hydrogen) atoms. The Morgan fingerprint density at radius 1 is 1.44 bits per heavy atom. The van der Waals surface area contributed by atoms with E-state index in [0.717, 1.165) is 19.3 Å². The first-order valence-electron chi connectivity index (χ1n) is 5.61. The van der Waals surface area contributed by atoms with Crippen LogP contribution in [0, 0.1) is 0 Å². The third-order valence-electron chi connectivity index (χ3n) is 3.02. The highest BCUT2D eigenvalue weighted by Gasteiger charge is 2.23. The summed E-state index contributed by atoms with van der Waals surface area (Å²) in [7, 11) is 0. The van der Waals surface area contributed by atoms with Gasteiger partial charge in [-0.05, 0) is 37.5 Å². The van der Waals surface area contributed by atoms with Crippen LogP contribution in [-0.2, 0) is 0 Å². The molecule has 0 aliphatic heterocycles. The van der Waals surface area contributed by atoms with Crippen LogP contribution in [0.4, 0.5) is 0 Å². The van der Waals surface area contributed by atoms with Crippen molar-refractivity contribution in [1.82, 2.24) is 5.32 Å². The van der Waals surface area contributed by atoms with Gasteiger partial charge < -0.3 is 16.2 Å². The van der Waals surface area contributed by atoms with Crippen LogP contribution < -0.4 is 11.1 Å². The van der Waals surface area contributed by atoms with Gasteiger partial charge in [0.1, 0.15) is 5.75 Å². The SMILES string of the molecule is Cl.N[C@H]1CC[C@@H](NC(=O)c2ccc(Cl)c(O)c2)C1. The Balaban J connectivity index is 0.00000162. The van der Waals surface area contributed by atoms with Gasteiger partial charge in [0, 0.05) is 17.6 Å². The van der Waals surface area contributed by atoms with E-state index in [9.17, 15) is 9.90 Å². The van der Waals surface area contributed by atoms with E-state index in [0.29, 0.717) is 5.56 Å². The fraction of sp³-hybridized carbons (Fsp3) is 0.417. The van der Waals surface area contributed by atoms with Crippen LogP contribution >= 0.6 is 24.0 Å². The monoisotopic (exact) mass is 290 g/mol.